The topological polar surface area (TPSA) is 77.3 Å². The molecule has 1 N–H and O–H groups in total. The van der Waals surface area contributed by atoms with Gasteiger partial charge in [-0.3, -0.25) is 4.79 Å². The Morgan fingerprint density at radius 3 is 2.36 bits per heavy atom. The van der Waals surface area contributed by atoms with Crippen LogP contribution < -0.4 is 5.32 Å². The Hall–Kier alpha value is -2.12. The lowest BCUT2D eigenvalue weighted by atomic mass is 10.3. The van der Waals surface area contributed by atoms with Crippen LogP contribution in [0.5, 0.6) is 0 Å². The molecule has 0 aliphatic heterocycles. The number of carbonyl (C=O) groups excluding carboxylic acids is 1. The first kappa shape index (κ1) is 16.3. The summed E-state index contributed by atoms with van der Waals surface area (Å²) in [5.74, 6) is -1.10. The molecule has 0 aromatic heterocycles. The maximum absolute atomic E-state index is 13.6. The molecule has 2 rings (SSSR count). The first-order valence-corrected chi connectivity index (χ1v) is 7.90. The van der Waals surface area contributed by atoms with Crippen molar-refractivity contribution >= 4 is 38.9 Å². The maximum atomic E-state index is 13.6. The van der Waals surface area contributed by atoms with Gasteiger partial charge in [0.25, 0.3) is 0 Å². The van der Waals surface area contributed by atoms with Gasteiger partial charge in [0, 0.05) is 17.6 Å². The molecule has 0 bridgehead atoms. The zero-order chi connectivity index (χ0) is 16.3. The third-order valence-corrected chi connectivity index (χ3v) is 4.14. The first-order valence-electron chi connectivity index (χ1n) is 6.09. The standard InChI is InChI=1S/C14H11ClFN2O3S/c1-9(19)17-11-3-5-12(6-4-11)22(20,21)18-14-7-2-10(15)8-13(14)16/h2-8H,1H3,(H,17,19)/q-1. The van der Waals surface area contributed by atoms with Gasteiger partial charge in [-0.1, -0.05) is 23.4 Å². The number of nitrogens with one attached hydrogen (secondary N) is 1. The third-order valence-electron chi connectivity index (χ3n) is 2.60. The van der Waals surface area contributed by atoms with Crippen LogP contribution in [0, 0.1) is 5.82 Å². The van der Waals surface area contributed by atoms with E-state index in [-0.39, 0.29) is 21.5 Å². The summed E-state index contributed by atoms with van der Waals surface area (Å²) in [4.78, 5) is 10.8. The van der Waals surface area contributed by atoms with E-state index in [1.165, 1.54) is 43.3 Å². The number of nitrogens with zero attached hydrogens (tertiary/aromatic N) is 1. The van der Waals surface area contributed by atoms with Crippen LogP contribution in [0.15, 0.2) is 47.4 Å². The number of anilines is 1. The fraction of sp³-hybridized carbons (Fsp3) is 0.0714. The average molecular weight is 342 g/mol. The average Bonchev–Trinajstić information content (AvgIpc) is 2.42. The fourth-order valence-corrected chi connectivity index (χ4v) is 2.80. The van der Waals surface area contributed by atoms with E-state index in [2.05, 4.69) is 10.0 Å². The minimum Gasteiger partial charge on any atom is -0.570 e. The summed E-state index contributed by atoms with van der Waals surface area (Å²) in [6.07, 6.45) is 0. The van der Waals surface area contributed by atoms with Gasteiger partial charge in [0.2, 0.25) is 5.91 Å². The quantitative estimate of drug-likeness (QED) is 0.918. The molecule has 0 unspecified atom stereocenters. The van der Waals surface area contributed by atoms with Crippen molar-refractivity contribution in [3.63, 3.8) is 0 Å². The molecule has 2 aromatic carbocycles. The SMILES string of the molecule is CC(=O)Nc1ccc(S(=O)(=O)[N-]c2ccc(Cl)cc2F)cc1. The molecule has 0 fully saturated rings. The summed E-state index contributed by atoms with van der Waals surface area (Å²) in [5.41, 5.74) is 0.125. The number of rotatable bonds is 4. The van der Waals surface area contributed by atoms with Gasteiger partial charge in [-0.2, -0.15) is 0 Å². The monoisotopic (exact) mass is 341 g/mol. The van der Waals surface area contributed by atoms with E-state index in [0.717, 1.165) is 6.07 Å². The van der Waals surface area contributed by atoms with Crippen LogP contribution >= 0.6 is 11.6 Å². The highest BCUT2D eigenvalue weighted by Gasteiger charge is 2.07. The van der Waals surface area contributed by atoms with Crippen molar-refractivity contribution in [3.8, 4) is 0 Å². The number of amides is 1. The molecular weight excluding hydrogens is 331 g/mol. The summed E-state index contributed by atoms with van der Waals surface area (Å²) >= 11 is 5.60. The van der Waals surface area contributed by atoms with Gasteiger partial charge in [0.05, 0.1) is 4.90 Å². The van der Waals surface area contributed by atoms with Crippen LogP contribution in [-0.4, -0.2) is 14.3 Å². The fourth-order valence-electron chi connectivity index (χ4n) is 1.65. The van der Waals surface area contributed by atoms with E-state index in [1.54, 1.807) is 0 Å². The van der Waals surface area contributed by atoms with Gasteiger partial charge in [0.15, 0.2) is 0 Å². The van der Waals surface area contributed by atoms with Crippen molar-refractivity contribution in [2.24, 2.45) is 0 Å². The van der Waals surface area contributed by atoms with Crippen LogP contribution in [0.2, 0.25) is 5.02 Å². The van der Waals surface area contributed by atoms with E-state index < -0.39 is 15.8 Å². The molecule has 5 nitrogen and oxygen atoms in total. The van der Waals surface area contributed by atoms with E-state index >= 15 is 0 Å². The smallest absolute Gasteiger partial charge is 0.221 e. The molecule has 0 saturated heterocycles. The summed E-state index contributed by atoms with van der Waals surface area (Å²) in [6, 6.07) is 8.90. The molecule has 116 valence electrons. The second-order valence-corrected chi connectivity index (χ2v) is 6.41. The van der Waals surface area contributed by atoms with Gasteiger partial charge >= 0.3 is 0 Å². The molecule has 0 heterocycles. The van der Waals surface area contributed by atoms with Gasteiger partial charge in [-0.05, 0) is 36.4 Å². The van der Waals surface area contributed by atoms with Crippen molar-refractivity contribution in [2.75, 3.05) is 5.32 Å². The Balaban J connectivity index is 2.24. The Labute approximate surface area is 132 Å². The molecule has 0 aliphatic carbocycles. The lowest BCUT2D eigenvalue weighted by Crippen LogP contribution is -2.06. The summed E-state index contributed by atoms with van der Waals surface area (Å²) in [6.45, 7) is 1.34. The van der Waals surface area contributed by atoms with E-state index in [4.69, 9.17) is 11.6 Å². The Morgan fingerprint density at radius 2 is 1.82 bits per heavy atom. The molecule has 0 aliphatic rings. The molecule has 2 aromatic rings. The largest absolute Gasteiger partial charge is 0.570 e. The number of carbonyl (C=O) groups is 1. The van der Waals surface area contributed by atoms with Gasteiger partial charge < -0.3 is 10.0 Å². The molecule has 1 amide bonds. The van der Waals surface area contributed by atoms with E-state index in [0.29, 0.717) is 5.69 Å². The highest BCUT2D eigenvalue weighted by molar-refractivity contribution is 7.94. The maximum Gasteiger partial charge on any atom is 0.221 e. The van der Waals surface area contributed by atoms with Gasteiger partial charge in [0.1, 0.15) is 15.8 Å². The number of hydrogen-bond donors (Lipinski definition) is 1. The zero-order valence-corrected chi connectivity index (χ0v) is 13.0. The minimum absolute atomic E-state index is 0.115. The van der Waals surface area contributed by atoms with Crippen LogP contribution in [0.3, 0.4) is 0 Å². The Kier molecular flexibility index (Phi) is 4.68. The first-order chi connectivity index (χ1) is 10.3. The second-order valence-electron chi connectivity index (χ2n) is 4.37. The molecule has 0 atom stereocenters. The molecular formula is C14H11ClFN2O3S-. The molecule has 22 heavy (non-hydrogen) atoms. The van der Waals surface area contributed by atoms with Crippen molar-refractivity contribution in [1.82, 2.24) is 0 Å². The molecule has 0 spiro atoms. The van der Waals surface area contributed by atoms with Crippen molar-refractivity contribution in [2.45, 2.75) is 11.8 Å². The molecule has 8 heteroatoms. The Morgan fingerprint density at radius 1 is 1.18 bits per heavy atom. The lowest BCUT2D eigenvalue weighted by molar-refractivity contribution is -0.114. The predicted octanol–water partition coefficient (Wildman–Crippen LogP) is 3.83. The molecule has 0 saturated carbocycles. The summed E-state index contributed by atoms with van der Waals surface area (Å²) < 4.78 is 41.3. The highest BCUT2D eigenvalue weighted by atomic mass is 35.5. The zero-order valence-electron chi connectivity index (χ0n) is 11.4. The van der Waals surface area contributed by atoms with Crippen LogP contribution in [0.25, 0.3) is 4.72 Å². The van der Waals surface area contributed by atoms with Crippen molar-refractivity contribution in [3.05, 3.63) is 58.0 Å². The normalized spacial score (nSPS) is 11.0. The van der Waals surface area contributed by atoms with E-state index in [1.807, 2.05) is 0 Å². The van der Waals surface area contributed by atoms with Crippen molar-refractivity contribution < 1.29 is 17.6 Å². The van der Waals surface area contributed by atoms with Gasteiger partial charge in [-0.15, -0.1) is 0 Å². The Bertz CT molecular complexity index is 807. The third kappa shape index (κ3) is 3.96. The van der Waals surface area contributed by atoms with Crippen molar-refractivity contribution in [1.29, 1.82) is 0 Å². The predicted molar refractivity (Wildman–Crippen MR) is 82.4 cm³/mol. The van der Waals surface area contributed by atoms with Gasteiger partial charge in [-0.25, -0.2) is 12.8 Å². The molecule has 0 radical (unpaired) electrons. The van der Waals surface area contributed by atoms with E-state index in [9.17, 15) is 17.6 Å². The summed E-state index contributed by atoms with van der Waals surface area (Å²) in [7, 11) is -4.06. The number of halogens is 2. The number of benzene rings is 2. The second kappa shape index (κ2) is 6.33. The summed E-state index contributed by atoms with van der Waals surface area (Å²) in [5, 5.41) is 2.66. The number of hydrogen-bond acceptors (Lipinski definition) is 3. The minimum atomic E-state index is -4.06. The highest BCUT2D eigenvalue weighted by Crippen LogP contribution is 2.31. The van der Waals surface area contributed by atoms with Crippen LogP contribution in [0.1, 0.15) is 6.92 Å². The van der Waals surface area contributed by atoms with Crippen LogP contribution in [0.4, 0.5) is 15.8 Å². The number of sulfonamides is 1. The van der Waals surface area contributed by atoms with Crippen LogP contribution in [-0.2, 0) is 14.8 Å². The lowest BCUT2D eigenvalue weighted by Gasteiger charge is -2.22.